The van der Waals surface area contributed by atoms with E-state index in [0.29, 0.717) is 0 Å². The summed E-state index contributed by atoms with van der Waals surface area (Å²) >= 11 is 0. The van der Waals surface area contributed by atoms with Crippen molar-refractivity contribution in [1.29, 1.82) is 0 Å². The minimum Gasteiger partial charge on any atom is -0.384 e. The van der Waals surface area contributed by atoms with Gasteiger partial charge in [-0.25, -0.2) is 0 Å². The second kappa shape index (κ2) is 5.92. The first kappa shape index (κ1) is 6.92. The van der Waals surface area contributed by atoms with Crippen LogP contribution in [0.4, 0.5) is 0 Å². The molecule has 2 nitrogen and oxygen atoms in total. The second-order valence-corrected chi connectivity index (χ2v) is 1.35. The summed E-state index contributed by atoms with van der Waals surface area (Å²) < 4.78 is 4.78. The van der Waals surface area contributed by atoms with E-state index in [2.05, 4.69) is 12.4 Å². The van der Waals surface area contributed by atoms with Gasteiger partial charge in [0.25, 0.3) is 0 Å². The van der Waals surface area contributed by atoms with E-state index in [4.69, 9.17) is 4.74 Å². The molecule has 0 heterocycles. The molecule has 0 aliphatic rings. The molecule has 43 valence electrons. The largest absolute Gasteiger partial charge is 0.384 e. The van der Waals surface area contributed by atoms with Gasteiger partial charge in [0.1, 0.15) is 0 Å². The van der Waals surface area contributed by atoms with Gasteiger partial charge in [-0.1, -0.05) is 0 Å². The quantitative estimate of drug-likeness (QED) is 0.363. The van der Waals surface area contributed by atoms with Crippen molar-refractivity contribution in [3.8, 4) is 0 Å². The summed E-state index contributed by atoms with van der Waals surface area (Å²) in [4.78, 5) is 0. The Bertz CT molecular complexity index is 27.3. The van der Waals surface area contributed by atoms with Gasteiger partial charge in [0, 0.05) is 13.5 Å². The van der Waals surface area contributed by atoms with Crippen LogP contribution in [0.25, 0.3) is 0 Å². The lowest BCUT2D eigenvalue weighted by Crippen LogP contribution is -2.77. The predicted octanol–water partition coefficient (Wildman–Crippen LogP) is -0.836. The van der Waals surface area contributed by atoms with Gasteiger partial charge < -0.3 is 10.1 Å². The molecule has 0 amide bonds. The average Bonchev–Trinajstić information content (AvgIpc) is 1.69. The third-order valence-electron chi connectivity index (χ3n) is 0.702. The van der Waals surface area contributed by atoms with E-state index in [9.17, 15) is 0 Å². The SMILES string of the molecule is [CH2-][NH+]CCCOC. The van der Waals surface area contributed by atoms with Crippen molar-refractivity contribution in [2.75, 3.05) is 20.3 Å². The summed E-state index contributed by atoms with van der Waals surface area (Å²) in [6.07, 6.45) is 1.04. The molecule has 0 saturated heterocycles. The fourth-order valence-corrected chi connectivity index (χ4v) is 0.342. The molecule has 0 bridgehead atoms. The van der Waals surface area contributed by atoms with Gasteiger partial charge in [0.05, 0.1) is 13.2 Å². The van der Waals surface area contributed by atoms with Crippen LogP contribution in [-0.4, -0.2) is 20.3 Å². The molecular formula is C5H12NO. The number of methoxy groups -OCH3 is 1. The zero-order valence-electron chi connectivity index (χ0n) is 4.74. The Morgan fingerprint density at radius 3 is 2.86 bits per heavy atom. The highest BCUT2D eigenvalue weighted by Gasteiger charge is 1.81. The van der Waals surface area contributed by atoms with Crippen molar-refractivity contribution in [3.63, 3.8) is 0 Å². The average molecular weight is 102 g/mol. The summed E-state index contributed by atoms with van der Waals surface area (Å²) in [5.74, 6) is 0. The van der Waals surface area contributed by atoms with Gasteiger partial charge in [0.2, 0.25) is 0 Å². The number of ether oxygens (including phenoxy) is 1. The first-order valence-corrected chi connectivity index (χ1v) is 2.40. The molecular weight excluding hydrogens is 90.1 g/mol. The minimum absolute atomic E-state index is 0.822. The normalized spacial score (nSPS) is 9.43. The highest BCUT2D eigenvalue weighted by molar-refractivity contribution is 4.25. The number of nitrogens with one attached hydrogen (secondary N) is 1. The molecule has 0 aromatic rings. The monoisotopic (exact) mass is 102 g/mol. The van der Waals surface area contributed by atoms with Crippen molar-refractivity contribution in [1.82, 2.24) is 0 Å². The molecule has 0 aromatic carbocycles. The molecule has 1 radical (unpaired) electrons. The third kappa shape index (κ3) is 5.92. The Morgan fingerprint density at radius 1 is 1.71 bits per heavy atom. The molecule has 0 aliphatic carbocycles. The van der Waals surface area contributed by atoms with Crippen molar-refractivity contribution in [2.45, 2.75) is 6.42 Å². The van der Waals surface area contributed by atoms with Crippen LogP contribution in [0.2, 0.25) is 0 Å². The maximum absolute atomic E-state index is 4.78. The predicted molar refractivity (Wildman–Crippen MR) is 27.7 cm³/mol. The molecule has 0 spiro atoms. The van der Waals surface area contributed by atoms with Crippen LogP contribution >= 0.6 is 0 Å². The highest BCUT2D eigenvalue weighted by atomic mass is 16.5. The lowest BCUT2D eigenvalue weighted by Gasteiger charge is -1.92. The standard InChI is InChI=1S/C5H12NO/c1-6-4-3-5-7-2/h6H,1,3-5H2,2H3. The fraction of sp³-hybridized carbons (Fsp3) is 0.800. The van der Waals surface area contributed by atoms with Gasteiger partial charge in [-0.05, 0) is 0 Å². The van der Waals surface area contributed by atoms with Gasteiger partial charge in [-0.3, -0.25) is 0 Å². The molecule has 2 heteroatoms. The van der Waals surface area contributed by atoms with E-state index >= 15 is 0 Å². The van der Waals surface area contributed by atoms with Crippen LogP contribution < -0.4 is 5.32 Å². The van der Waals surface area contributed by atoms with E-state index in [1.54, 1.807) is 7.11 Å². The lowest BCUT2D eigenvalue weighted by molar-refractivity contribution is -0.596. The summed E-state index contributed by atoms with van der Waals surface area (Å²) in [5.41, 5.74) is 0. The molecule has 0 aliphatic heterocycles. The molecule has 0 unspecified atom stereocenters. The molecule has 0 fully saturated rings. The molecule has 0 rings (SSSR count). The van der Waals surface area contributed by atoms with E-state index in [1.807, 2.05) is 0 Å². The molecule has 7 heavy (non-hydrogen) atoms. The summed E-state index contributed by atoms with van der Waals surface area (Å²) in [6, 6.07) is 0. The van der Waals surface area contributed by atoms with Crippen LogP contribution in [0.3, 0.4) is 0 Å². The van der Waals surface area contributed by atoms with E-state index in [1.165, 1.54) is 0 Å². The van der Waals surface area contributed by atoms with Crippen molar-refractivity contribution < 1.29 is 10.1 Å². The third-order valence-corrected chi connectivity index (χ3v) is 0.702. The maximum atomic E-state index is 4.78. The Kier molecular flexibility index (Phi) is 5.85. The Balaban J connectivity index is 2.45. The van der Waals surface area contributed by atoms with Gasteiger partial charge in [-0.2, -0.15) is 0 Å². The Morgan fingerprint density at radius 2 is 2.43 bits per heavy atom. The maximum Gasteiger partial charge on any atom is 0.0948 e. The fourth-order valence-electron chi connectivity index (χ4n) is 0.342. The molecule has 0 atom stereocenters. The first-order valence-electron chi connectivity index (χ1n) is 2.40. The van der Waals surface area contributed by atoms with Crippen molar-refractivity contribution in [2.24, 2.45) is 0 Å². The van der Waals surface area contributed by atoms with Crippen LogP contribution in [0.5, 0.6) is 0 Å². The van der Waals surface area contributed by atoms with E-state index in [0.717, 1.165) is 19.6 Å². The zero-order valence-corrected chi connectivity index (χ0v) is 4.74. The molecule has 0 saturated carbocycles. The number of rotatable bonds is 4. The minimum atomic E-state index is 0.822. The highest BCUT2D eigenvalue weighted by Crippen LogP contribution is 1.70. The van der Waals surface area contributed by atoms with Crippen molar-refractivity contribution >= 4 is 0 Å². The van der Waals surface area contributed by atoms with Crippen LogP contribution in [0.1, 0.15) is 6.42 Å². The second-order valence-electron chi connectivity index (χ2n) is 1.35. The lowest BCUT2D eigenvalue weighted by atomic mass is 10.5. The number of hydrogen-bond donors (Lipinski definition) is 1. The summed E-state index contributed by atoms with van der Waals surface area (Å²) in [5, 5.41) is 2.77. The van der Waals surface area contributed by atoms with Crippen molar-refractivity contribution in [3.05, 3.63) is 7.05 Å². The smallest absolute Gasteiger partial charge is 0.0948 e. The molecule has 1 N–H and O–H groups in total. The van der Waals surface area contributed by atoms with Crippen LogP contribution in [0.15, 0.2) is 0 Å². The van der Waals surface area contributed by atoms with Gasteiger partial charge in [0.15, 0.2) is 0 Å². The van der Waals surface area contributed by atoms with E-state index in [-0.39, 0.29) is 0 Å². The Labute approximate surface area is 44.9 Å². The van der Waals surface area contributed by atoms with Crippen LogP contribution in [0, 0.1) is 7.05 Å². The number of hydrogen-bond acceptors (Lipinski definition) is 2. The topological polar surface area (TPSA) is 24.8 Å². The Hall–Kier alpha value is -0.0800. The first-order chi connectivity index (χ1) is 3.41. The summed E-state index contributed by atoms with van der Waals surface area (Å²) in [6.45, 7) is 1.76. The summed E-state index contributed by atoms with van der Waals surface area (Å²) in [7, 11) is 5.15. The van der Waals surface area contributed by atoms with E-state index < -0.39 is 0 Å². The zero-order chi connectivity index (χ0) is 5.54. The van der Waals surface area contributed by atoms with Gasteiger partial charge >= 0.3 is 0 Å². The molecule has 0 aromatic heterocycles. The van der Waals surface area contributed by atoms with Crippen LogP contribution in [-0.2, 0) is 4.74 Å². The van der Waals surface area contributed by atoms with Gasteiger partial charge in [-0.15, -0.1) is 7.05 Å².